The minimum atomic E-state index is -2.89. The molecule has 0 fully saturated rings. The van der Waals surface area contributed by atoms with Gasteiger partial charge in [0.1, 0.15) is 17.2 Å². The zero-order chi connectivity index (χ0) is 23.1. The predicted molar refractivity (Wildman–Crippen MR) is 119 cm³/mol. The summed E-state index contributed by atoms with van der Waals surface area (Å²) in [5, 5.41) is 16.9. The number of aromatic hydroxyl groups is 1. The maximum absolute atomic E-state index is 12.5. The van der Waals surface area contributed by atoms with Crippen LogP contribution in [0.5, 0.6) is 17.2 Å². The summed E-state index contributed by atoms with van der Waals surface area (Å²) in [7, 11) is 3.12. The van der Waals surface area contributed by atoms with Crippen molar-refractivity contribution >= 4 is 17.0 Å². The van der Waals surface area contributed by atoms with Gasteiger partial charge in [0.15, 0.2) is 0 Å². The molecule has 0 radical (unpaired) electrons. The quantitative estimate of drug-likeness (QED) is 0.378. The van der Waals surface area contributed by atoms with E-state index >= 15 is 0 Å². The first-order valence-corrected chi connectivity index (χ1v) is 10.5. The van der Waals surface area contributed by atoms with Gasteiger partial charge in [0, 0.05) is 29.7 Å². The van der Waals surface area contributed by atoms with Crippen LogP contribution in [0.4, 0.5) is 8.78 Å². The SMILES string of the molecule is COCCN=c1scc(-c2ccc(OC(F)F)cc2)n1N=C(C)c1ccc(OC)cc1O. The number of ether oxygens (including phenoxy) is 3. The van der Waals surface area contributed by atoms with Crippen molar-refractivity contribution in [2.45, 2.75) is 13.5 Å². The molecule has 7 nitrogen and oxygen atoms in total. The van der Waals surface area contributed by atoms with Crippen molar-refractivity contribution in [2.24, 2.45) is 10.1 Å². The molecule has 1 N–H and O–H groups in total. The minimum Gasteiger partial charge on any atom is -0.507 e. The number of benzene rings is 2. The van der Waals surface area contributed by atoms with Crippen LogP contribution in [0.2, 0.25) is 0 Å². The molecular formula is C22H23F2N3O4S. The Morgan fingerprint density at radius 3 is 2.47 bits per heavy atom. The third-order valence-electron chi connectivity index (χ3n) is 4.45. The number of phenolic OH excluding ortho intramolecular Hbond substituents is 1. The van der Waals surface area contributed by atoms with Crippen LogP contribution in [0.1, 0.15) is 12.5 Å². The fraction of sp³-hybridized carbons (Fsp3) is 0.273. The third-order valence-corrected chi connectivity index (χ3v) is 5.30. The highest BCUT2D eigenvalue weighted by Crippen LogP contribution is 2.26. The smallest absolute Gasteiger partial charge is 0.387 e. The first-order valence-electron chi connectivity index (χ1n) is 9.61. The van der Waals surface area contributed by atoms with Crippen LogP contribution in [0.15, 0.2) is 57.9 Å². The number of alkyl halides is 2. The highest BCUT2D eigenvalue weighted by Gasteiger charge is 2.12. The van der Waals surface area contributed by atoms with Crippen molar-refractivity contribution in [1.29, 1.82) is 0 Å². The number of aromatic nitrogens is 1. The lowest BCUT2D eigenvalue weighted by Crippen LogP contribution is -2.15. The lowest BCUT2D eigenvalue weighted by molar-refractivity contribution is -0.0498. The third kappa shape index (κ3) is 5.71. The number of hydrogen-bond donors (Lipinski definition) is 1. The molecule has 0 aliphatic rings. The van der Waals surface area contributed by atoms with Crippen LogP contribution in [-0.4, -0.2) is 49.5 Å². The average Bonchev–Trinajstić information content (AvgIpc) is 3.16. The molecule has 1 heterocycles. The molecule has 0 unspecified atom stereocenters. The topological polar surface area (TPSA) is 77.6 Å². The lowest BCUT2D eigenvalue weighted by Gasteiger charge is -2.09. The fourth-order valence-electron chi connectivity index (χ4n) is 2.89. The minimum absolute atomic E-state index is 0.0364. The van der Waals surface area contributed by atoms with E-state index in [0.29, 0.717) is 40.7 Å². The fourth-order valence-corrected chi connectivity index (χ4v) is 3.75. The van der Waals surface area contributed by atoms with Gasteiger partial charge in [-0.25, -0.2) is 4.68 Å². The Hall–Kier alpha value is -3.24. The number of hydrogen-bond acceptors (Lipinski definition) is 7. The van der Waals surface area contributed by atoms with E-state index in [4.69, 9.17) is 9.47 Å². The Kier molecular flexibility index (Phi) is 7.96. The Morgan fingerprint density at radius 2 is 1.84 bits per heavy atom. The van der Waals surface area contributed by atoms with Gasteiger partial charge in [0.25, 0.3) is 0 Å². The number of thiazole rings is 1. The van der Waals surface area contributed by atoms with Crippen molar-refractivity contribution in [3.8, 4) is 28.5 Å². The number of nitrogens with zero attached hydrogens (tertiary/aromatic N) is 3. The van der Waals surface area contributed by atoms with Gasteiger partial charge in [-0.1, -0.05) is 0 Å². The summed E-state index contributed by atoms with van der Waals surface area (Å²) < 4.78 is 41.2. The molecule has 3 aromatic rings. The number of methoxy groups -OCH3 is 2. The maximum Gasteiger partial charge on any atom is 0.387 e. The van der Waals surface area contributed by atoms with Gasteiger partial charge in [-0.05, 0) is 43.3 Å². The van der Waals surface area contributed by atoms with Crippen LogP contribution < -0.4 is 14.3 Å². The first kappa shape index (κ1) is 23.4. The van der Waals surface area contributed by atoms with Gasteiger partial charge in [-0.3, -0.25) is 4.99 Å². The summed E-state index contributed by atoms with van der Waals surface area (Å²) in [6.07, 6.45) is 0. The first-order chi connectivity index (χ1) is 15.4. The van der Waals surface area contributed by atoms with Crippen molar-refractivity contribution in [1.82, 2.24) is 4.68 Å². The van der Waals surface area contributed by atoms with Crippen molar-refractivity contribution in [2.75, 3.05) is 27.4 Å². The number of phenols is 1. The molecule has 3 rings (SSSR count). The van der Waals surface area contributed by atoms with Gasteiger partial charge in [-0.2, -0.15) is 13.9 Å². The summed E-state index contributed by atoms with van der Waals surface area (Å²) >= 11 is 1.38. The Balaban J connectivity index is 2.05. The van der Waals surface area contributed by atoms with Crippen LogP contribution >= 0.6 is 11.3 Å². The monoisotopic (exact) mass is 463 g/mol. The Morgan fingerprint density at radius 1 is 1.12 bits per heavy atom. The summed E-state index contributed by atoms with van der Waals surface area (Å²) in [6, 6.07) is 11.2. The normalized spacial score (nSPS) is 12.4. The average molecular weight is 464 g/mol. The molecule has 2 aromatic carbocycles. The van der Waals surface area contributed by atoms with Crippen molar-refractivity contribution in [3.63, 3.8) is 0 Å². The lowest BCUT2D eigenvalue weighted by atomic mass is 10.1. The molecule has 10 heteroatoms. The molecule has 0 bridgehead atoms. The van der Waals surface area contributed by atoms with Crippen molar-refractivity contribution in [3.05, 3.63) is 58.2 Å². The van der Waals surface area contributed by atoms with Gasteiger partial charge in [0.2, 0.25) is 4.80 Å². The molecule has 0 spiro atoms. The second kappa shape index (κ2) is 10.9. The second-order valence-electron chi connectivity index (χ2n) is 6.56. The molecule has 0 aliphatic heterocycles. The largest absolute Gasteiger partial charge is 0.507 e. The summed E-state index contributed by atoms with van der Waals surface area (Å²) in [4.78, 5) is 5.16. The summed E-state index contributed by atoms with van der Waals surface area (Å²) in [6.45, 7) is -0.217. The highest BCUT2D eigenvalue weighted by molar-refractivity contribution is 7.07. The van der Waals surface area contributed by atoms with E-state index in [9.17, 15) is 13.9 Å². The van der Waals surface area contributed by atoms with E-state index in [2.05, 4.69) is 14.8 Å². The zero-order valence-corrected chi connectivity index (χ0v) is 18.6. The molecular weight excluding hydrogens is 440 g/mol. The van der Waals surface area contributed by atoms with Crippen LogP contribution in [0.3, 0.4) is 0 Å². The molecule has 0 amide bonds. The number of rotatable bonds is 9. The molecule has 0 atom stereocenters. The van der Waals surface area contributed by atoms with E-state index < -0.39 is 6.61 Å². The molecule has 170 valence electrons. The summed E-state index contributed by atoms with van der Waals surface area (Å²) in [5.41, 5.74) is 2.54. The maximum atomic E-state index is 12.5. The van der Waals surface area contributed by atoms with Gasteiger partial charge in [-0.15, -0.1) is 11.3 Å². The molecule has 32 heavy (non-hydrogen) atoms. The van der Waals surface area contributed by atoms with E-state index in [-0.39, 0.29) is 11.5 Å². The van der Waals surface area contributed by atoms with Crippen LogP contribution in [-0.2, 0) is 4.74 Å². The van der Waals surface area contributed by atoms with E-state index in [0.717, 1.165) is 5.56 Å². The highest BCUT2D eigenvalue weighted by atomic mass is 32.1. The Labute approximate surface area is 187 Å². The van der Waals surface area contributed by atoms with Crippen molar-refractivity contribution < 1.29 is 28.1 Å². The standard InChI is InChI=1S/C22H23F2N3O4S/c1-14(18-9-8-17(30-3)12-20(18)28)26-27-19(13-32-22(27)25-10-11-29-2)15-4-6-16(7-5-15)31-21(23)24/h4-9,12-13,21,28H,10-11H2,1-3H3. The van der Waals surface area contributed by atoms with Gasteiger partial charge in [0.05, 0.1) is 31.7 Å². The predicted octanol–water partition coefficient (Wildman–Crippen LogP) is 4.35. The molecule has 1 aromatic heterocycles. The number of halogens is 2. The second-order valence-corrected chi connectivity index (χ2v) is 7.40. The summed E-state index contributed by atoms with van der Waals surface area (Å²) in [5.74, 6) is 0.636. The van der Waals surface area contributed by atoms with E-state index in [1.165, 1.54) is 36.6 Å². The van der Waals surface area contributed by atoms with E-state index in [1.807, 2.05) is 5.38 Å². The van der Waals surface area contributed by atoms with Gasteiger partial charge < -0.3 is 19.3 Å². The van der Waals surface area contributed by atoms with Gasteiger partial charge >= 0.3 is 6.61 Å². The zero-order valence-electron chi connectivity index (χ0n) is 17.8. The Bertz CT molecular complexity index is 1140. The van der Waals surface area contributed by atoms with E-state index in [1.54, 1.807) is 43.0 Å². The van der Waals surface area contributed by atoms with Crippen LogP contribution in [0.25, 0.3) is 11.3 Å². The molecule has 0 aliphatic carbocycles. The molecule has 0 saturated carbocycles. The molecule has 0 saturated heterocycles. The van der Waals surface area contributed by atoms with Crippen LogP contribution in [0, 0.1) is 0 Å².